The Kier molecular flexibility index (Phi) is 5.57. The third-order valence-corrected chi connectivity index (χ3v) is 3.82. The molecular weight excluding hydrogens is 152 g/mol. The molecule has 0 aliphatic heterocycles. The highest BCUT2D eigenvalue weighted by Crippen LogP contribution is 2.05. The van der Waals surface area contributed by atoms with Crippen molar-refractivity contribution in [3.8, 4) is 0 Å². The van der Waals surface area contributed by atoms with Gasteiger partial charge in [-0.25, -0.2) is 0 Å². The Bertz CT molecular complexity index is 68.0. The molecule has 0 aromatic heterocycles. The maximum absolute atomic E-state index is 5.06. The normalized spacial score (nSPS) is 14.3. The lowest BCUT2D eigenvalue weighted by Gasteiger charge is -2.13. The summed E-state index contributed by atoms with van der Waals surface area (Å²) < 4.78 is 10.1. The van der Waals surface area contributed by atoms with Gasteiger partial charge in [0, 0.05) is 19.1 Å². The fourth-order valence-corrected chi connectivity index (χ4v) is 2.20. The van der Waals surface area contributed by atoms with Crippen molar-refractivity contribution in [2.45, 2.75) is 18.2 Å². The Morgan fingerprint density at radius 3 is 2.00 bits per heavy atom. The minimum Gasteiger partial charge on any atom is -0.396 e. The summed E-state index contributed by atoms with van der Waals surface area (Å²) in [5.41, 5.74) is 0. The Labute approximate surface area is 63.8 Å². The Hall–Kier alpha value is 0.487. The van der Waals surface area contributed by atoms with Gasteiger partial charge in [-0.2, -0.15) is 12.6 Å². The molecule has 0 saturated carbocycles. The SMILES string of the molecule is CCC(S)[Si](OC)OC. The molecule has 1 radical (unpaired) electrons. The van der Waals surface area contributed by atoms with Crippen molar-refractivity contribution in [2.24, 2.45) is 0 Å². The van der Waals surface area contributed by atoms with E-state index in [2.05, 4.69) is 19.6 Å². The van der Waals surface area contributed by atoms with E-state index < -0.39 is 9.28 Å². The van der Waals surface area contributed by atoms with Crippen LogP contribution in [0.3, 0.4) is 0 Å². The lowest BCUT2D eigenvalue weighted by Crippen LogP contribution is -2.30. The maximum Gasteiger partial charge on any atom is 0.398 e. The average molecular weight is 165 g/mol. The summed E-state index contributed by atoms with van der Waals surface area (Å²) >= 11 is 4.28. The van der Waals surface area contributed by atoms with Crippen LogP contribution in [0.2, 0.25) is 0 Å². The van der Waals surface area contributed by atoms with Gasteiger partial charge in [-0.05, 0) is 6.42 Å². The van der Waals surface area contributed by atoms with Crippen LogP contribution in [0.25, 0.3) is 0 Å². The monoisotopic (exact) mass is 165 g/mol. The predicted molar refractivity (Wildman–Crippen MR) is 42.8 cm³/mol. The highest BCUT2D eigenvalue weighted by atomic mass is 32.1. The fraction of sp³-hybridized carbons (Fsp3) is 1.00. The highest BCUT2D eigenvalue weighted by molar-refractivity contribution is 7.82. The van der Waals surface area contributed by atoms with E-state index in [1.165, 1.54) is 0 Å². The van der Waals surface area contributed by atoms with Crippen LogP contribution in [0.4, 0.5) is 0 Å². The highest BCUT2D eigenvalue weighted by Gasteiger charge is 2.20. The smallest absolute Gasteiger partial charge is 0.396 e. The molecule has 2 nitrogen and oxygen atoms in total. The van der Waals surface area contributed by atoms with Crippen molar-refractivity contribution in [3.05, 3.63) is 0 Å². The summed E-state index contributed by atoms with van der Waals surface area (Å²) in [4.78, 5) is 0.282. The van der Waals surface area contributed by atoms with Gasteiger partial charge in [-0.1, -0.05) is 6.92 Å². The number of hydrogen-bond acceptors (Lipinski definition) is 3. The molecule has 0 bridgehead atoms. The summed E-state index contributed by atoms with van der Waals surface area (Å²) in [6.45, 7) is 2.07. The van der Waals surface area contributed by atoms with Crippen LogP contribution in [-0.2, 0) is 8.85 Å². The third kappa shape index (κ3) is 3.25. The number of rotatable bonds is 4. The second kappa shape index (κ2) is 5.29. The molecule has 0 fully saturated rings. The van der Waals surface area contributed by atoms with Gasteiger partial charge in [0.05, 0.1) is 0 Å². The second-order valence-electron chi connectivity index (χ2n) is 1.65. The quantitative estimate of drug-likeness (QED) is 0.495. The first-order chi connectivity index (χ1) is 4.26. The van der Waals surface area contributed by atoms with E-state index in [0.717, 1.165) is 6.42 Å². The van der Waals surface area contributed by atoms with Gasteiger partial charge in [0.15, 0.2) is 0 Å². The van der Waals surface area contributed by atoms with Crippen molar-refractivity contribution < 1.29 is 8.85 Å². The standard InChI is InChI=1S/C5H13O2SSi/c1-4-5(8)9(6-2)7-3/h5,8H,4H2,1-3H3. The molecule has 0 aliphatic carbocycles. The van der Waals surface area contributed by atoms with Gasteiger partial charge in [0.1, 0.15) is 0 Å². The summed E-state index contributed by atoms with van der Waals surface area (Å²) in [5, 5.41) is 0. The van der Waals surface area contributed by atoms with Gasteiger partial charge in [0.2, 0.25) is 0 Å². The zero-order valence-corrected chi connectivity index (χ0v) is 7.94. The van der Waals surface area contributed by atoms with E-state index in [1.807, 2.05) is 0 Å². The van der Waals surface area contributed by atoms with E-state index >= 15 is 0 Å². The summed E-state index contributed by atoms with van der Waals surface area (Å²) in [5.74, 6) is 0. The Morgan fingerprint density at radius 1 is 1.44 bits per heavy atom. The molecule has 55 valence electrons. The van der Waals surface area contributed by atoms with Gasteiger partial charge in [0.25, 0.3) is 0 Å². The maximum atomic E-state index is 5.06. The molecule has 1 unspecified atom stereocenters. The molecule has 9 heavy (non-hydrogen) atoms. The van der Waals surface area contributed by atoms with E-state index in [9.17, 15) is 0 Å². The molecule has 0 aromatic rings. The van der Waals surface area contributed by atoms with E-state index in [4.69, 9.17) is 8.85 Å². The lowest BCUT2D eigenvalue weighted by atomic mass is 10.6. The van der Waals surface area contributed by atoms with Crippen molar-refractivity contribution >= 4 is 21.9 Å². The molecule has 0 amide bonds. The molecule has 4 heteroatoms. The van der Waals surface area contributed by atoms with Crippen LogP contribution in [-0.4, -0.2) is 28.4 Å². The van der Waals surface area contributed by atoms with Crippen molar-refractivity contribution in [1.29, 1.82) is 0 Å². The average Bonchev–Trinajstić information content (AvgIpc) is 1.90. The Morgan fingerprint density at radius 2 is 1.89 bits per heavy atom. The molecule has 0 heterocycles. The van der Waals surface area contributed by atoms with Crippen molar-refractivity contribution in [1.82, 2.24) is 0 Å². The zero-order chi connectivity index (χ0) is 7.28. The summed E-state index contributed by atoms with van der Waals surface area (Å²) in [6.07, 6.45) is 0.999. The van der Waals surface area contributed by atoms with Gasteiger partial charge < -0.3 is 8.85 Å². The van der Waals surface area contributed by atoms with Crippen LogP contribution in [0, 0.1) is 0 Å². The number of thiol groups is 1. The van der Waals surface area contributed by atoms with Crippen LogP contribution in [0.5, 0.6) is 0 Å². The van der Waals surface area contributed by atoms with Crippen LogP contribution >= 0.6 is 12.6 Å². The Balaban J connectivity index is 3.50. The summed E-state index contributed by atoms with van der Waals surface area (Å²) in [6, 6.07) is 0. The van der Waals surface area contributed by atoms with Crippen molar-refractivity contribution in [2.75, 3.05) is 14.2 Å². The third-order valence-electron chi connectivity index (χ3n) is 1.06. The van der Waals surface area contributed by atoms with Gasteiger partial charge in [-0.3, -0.25) is 0 Å². The van der Waals surface area contributed by atoms with Gasteiger partial charge in [-0.15, -0.1) is 0 Å². The first-order valence-electron chi connectivity index (χ1n) is 2.89. The largest absolute Gasteiger partial charge is 0.398 e. The van der Waals surface area contributed by atoms with Gasteiger partial charge >= 0.3 is 9.28 Å². The van der Waals surface area contributed by atoms with Crippen molar-refractivity contribution in [3.63, 3.8) is 0 Å². The molecule has 0 saturated heterocycles. The van der Waals surface area contributed by atoms with E-state index in [-0.39, 0.29) is 4.87 Å². The van der Waals surface area contributed by atoms with Crippen LogP contribution < -0.4 is 0 Å². The second-order valence-corrected chi connectivity index (χ2v) is 4.91. The van der Waals surface area contributed by atoms with E-state index in [1.54, 1.807) is 14.2 Å². The molecular formula is C5H13O2SSi. The van der Waals surface area contributed by atoms with Crippen LogP contribution in [0.1, 0.15) is 13.3 Å². The topological polar surface area (TPSA) is 18.5 Å². The molecule has 0 aliphatic rings. The molecule has 0 rings (SSSR count). The molecule has 1 atom stereocenters. The molecule has 0 N–H and O–H groups in total. The predicted octanol–water partition coefficient (Wildman–Crippen LogP) is 1.01. The summed E-state index contributed by atoms with van der Waals surface area (Å²) in [7, 11) is 2.24. The fourth-order valence-electron chi connectivity index (χ4n) is 0.522. The number of hydrogen-bond donors (Lipinski definition) is 1. The van der Waals surface area contributed by atoms with Crippen LogP contribution in [0.15, 0.2) is 0 Å². The minimum atomic E-state index is -1.09. The lowest BCUT2D eigenvalue weighted by molar-refractivity contribution is 0.275. The van der Waals surface area contributed by atoms with E-state index in [0.29, 0.717) is 0 Å². The molecule has 0 aromatic carbocycles. The molecule has 0 spiro atoms. The minimum absolute atomic E-state index is 0.282. The first-order valence-corrected chi connectivity index (χ1v) is 4.80. The zero-order valence-electron chi connectivity index (χ0n) is 6.05. The first kappa shape index (κ1) is 9.49.